The zero-order valence-electron chi connectivity index (χ0n) is 27.3. The van der Waals surface area contributed by atoms with Gasteiger partial charge in [0.15, 0.2) is 28.7 Å². The van der Waals surface area contributed by atoms with E-state index in [1.807, 2.05) is 6.92 Å². The SMILES string of the molecule is C[C@@]1(O)CC[C@H](CO)N(c2nc(-c3noc4c3CCC[C@@]43CCCCC34OCCO4)nc3c2c(I)nn3C2CCCC2N2CCC2)C1. The first-order chi connectivity index (χ1) is 22.8. The first-order valence-electron chi connectivity index (χ1n) is 17.9. The molecule has 0 aromatic carbocycles. The molecule has 254 valence electrons. The van der Waals surface area contributed by atoms with Gasteiger partial charge in [-0.1, -0.05) is 11.6 Å². The molecule has 2 N–H and O–H groups in total. The number of hydrogen-bond acceptors (Lipinski definition) is 11. The molecule has 0 bridgehead atoms. The van der Waals surface area contributed by atoms with Gasteiger partial charge < -0.3 is 29.1 Å². The average molecular weight is 760 g/mol. The predicted octanol–water partition coefficient (Wildman–Crippen LogP) is 4.49. The number of halogens is 1. The summed E-state index contributed by atoms with van der Waals surface area (Å²) >= 11 is 2.33. The van der Waals surface area contributed by atoms with Gasteiger partial charge in [-0.3, -0.25) is 4.90 Å². The Hall–Kier alpha value is -1.91. The summed E-state index contributed by atoms with van der Waals surface area (Å²) in [5.74, 6) is 1.45. The molecular formula is C34H46IN7O5. The van der Waals surface area contributed by atoms with Crippen molar-refractivity contribution >= 4 is 39.4 Å². The van der Waals surface area contributed by atoms with Crippen molar-refractivity contribution in [1.29, 1.82) is 0 Å². The minimum absolute atomic E-state index is 0.0226. The second-order valence-corrected chi connectivity index (χ2v) is 16.2. The van der Waals surface area contributed by atoms with Crippen molar-refractivity contribution in [1.82, 2.24) is 29.8 Å². The van der Waals surface area contributed by atoms with Crippen molar-refractivity contribution < 1.29 is 24.2 Å². The second kappa shape index (κ2) is 11.6. The Morgan fingerprint density at radius 3 is 2.51 bits per heavy atom. The van der Waals surface area contributed by atoms with E-state index in [4.69, 9.17) is 34.2 Å². The van der Waals surface area contributed by atoms with Crippen LogP contribution in [0.25, 0.3) is 22.6 Å². The third-order valence-electron chi connectivity index (χ3n) is 12.4. The van der Waals surface area contributed by atoms with Gasteiger partial charge in [0.05, 0.1) is 48.3 Å². The maximum absolute atomic E-state index is 11.3. The van der Waals surface area contributed by atoms with E-state index in [2.05, 4.69) is 37.1 Å². The summed E-state index contributed by atoms with van der Waals surface area (Å²) < 4.78 is 22.3. The minimum Gasteiger partial charge on any atom is -0.394 e. The summed E-state index contributed by atoms with van der Waals surface area (Å²) in [6, 6.07) is 0.496. The molecule has 12 nitrogen and oxygen atoms in total. The first kappa shape index (κ1) is 31.1. The molecule has 0 amide bonds. The number of aliphatic hydroxyl groups excluding tert-OH is 1. The first-order valence-corrected chi connectivity index (χ1v) is 19.0. The summed E-state index contributed by atoms with van der Waals surface area (Å²) in [5, 5.41) is 32.6. The monoisotopic (exact) mass is 759 g/mol. The lowest BCUT2D eigenvalue weighted by Gasteiger charge is -2.50. The Bertz CT molecular complexity index is 1670. The molecule has 3 aromatic heterocycles. The number of hydrogen-bond donors (Lipinski definition) is 2. The van der Waals surface area contributed by atoms with E-state index in [0.29, 0.717) is 56.0 Å². The fraction of sp³-hybridized carbons (Fsp3) is 0.765. The van der Waals surface area contributed by atoms with Gasteiger partial charge in [-0.25, -0.2) is 14.6 Å². The minimum atomic E-state index is -0.908. The maximum atomic E-state index is 11.3. The average Bonchev–Trinajstić information content (AvgIpc) is 3.85. The molecular weight excluding hydrogens is 713 g/mol. The number of nitrogens with zero attached hydrogens (tertiary/aromatic N) is 7. The van der Waals surface area contributed by atoms with Crippen LogP contribution in [-0.4, -0.2) is 103 Å². The molecule has 47 heavy (non-hydrogen) atoms. The largest absolute Gasteiger partial charge is 0.394 e. The summed E-state index contributed by atoms with van der Waals surface area (Å²) in [5.41, 5.74) is 1.26. The lowest BCUT2D eigenvalue weighted by atomic mass is 9.61. The molecule has 2 unspecified atom stereocenters. The van der Waals surface area contributed by atoms with Gasteiger partial charge in [0.1, 0.15) is 9.52 Å². The van der Waals surface area contributed by atoms with E-state index in [-0.39, 0.29) is 24.1 Å². The van der Waals surface area contributed by atoms with Crippen LogP contribution >= 0.6 is 22.6 Å². The molecule has 2 saturated carbocycles. The number of aliphatic hydroxyl groups is 2. The Kier molecular flexibility index (Phi) is 7.66. The molecule has 3 aromatic rings. The van der Waals surface area contributed by atoms with Gasteiger partial charge in [0.2, 0.25) is 0 Å². The second-order valence-electron chi connectivity index (χ2n) is 15.2. The third kappa shape index (κ3) is 4.76. The maximum Gasteiger partial charge on any atom is 0.186 e. The molecule has 9 rings (SSSR count). The highest BCUT2D eigenvalue weighted by atomic mass is 127. The normalized spacial score (nSPS) is 34.0. The van der Waals surface area contributed by atoms with Gasteiger partial charge in [-0.05, 0) is 113 Å². The molecule has 2 spiro atoms. The number of anilines is 1. The predicted molar refractivity (Wildman–Crippen MR) is 182 cm³/mol. The van der Waals surface area contributed by atoms with E-state index < -0.39 is 11.4 Å². The summed E-state index contributed by atoms with van der Waals surface area (Å²) in [4.78, 5) is 15.3. The van der Waals surface area contributed by atoms with E-state index in [0.717, 1.165) is 90.5 Å². The quantitative estimate of drug-likeness (QED) is 0.357. The van der Waals surface area contributed by atoms with E-state index in [1.165, 1.54) is 19.3 Å². The topological polar surface area (TPSA) is 135 Å². The van der Waals surface area contributed by atoms with Gasteiger partial charge in [0.25, 0.3) is 0 Å². The fourth-order valence-electron chi connectivity index (χ4n) is 9.94. The lowest BCUT2D eigenvalue weighted by molar-refractivity contribution is -0.235. The number of rotatable bonds is 5. The van der Waals surface area contributed by atoms with Crippen LogP contribution in [0.4, 0.5) is 5.82 Å². The fourth-order valence-corrected chi connectivity index (χ4v) is 10.7. The molecule has 3 saturated heterocycles. The van der Waals surface area contributed by atoms with Crippen LogP contribution in [0.2, 0.25) is 0 Å². The van der Waals surface area contributed by atoms with Crippen molar-refractivity contribution in [2.45, 2.75) is 125 Å². The van der Waals surface area contributed by atoms with E-state index in [9.17, 15) is 10.2 Å². The standard InChI is InChI=1S/C34H46IN7O5/c1-32(44)14-10-21(19-43)41(20-32)30-25-28(35)38-42(24-9-4-8-23(24)40-15-6-16-40)31(25)37-29(36-30)26-22-7-5-12-33(27(22)47-39-26)11-2-3-13-34(33)45-17-18-46-34/h21,23-24,43-44H,2-20H2,1H3/t21-,23?,24?,32-,33+/m1/s1. The molecule has 3 aliphatic carbocycles. The Balaban J connectivity index is 1.22. The summed E-state index contributed by atoms with van der Waals surface area (Å²) in [6.45, 7) is 5.72. The van der Waals surface area contributed by atoms with E-state index >= 15 is 0 Å². The van der Waals surface area contributed by atoms with Crippen LogP contribution in [0.15, 0.2) is 4.52 Å². The smallest absolute Gasteiger partial charge is 0.186 e. The Morgan fingerprint density at radius 1 is 0.936 bits per heavy atom. The Labute approximate surface area is 288 Å². The number of fused-ring (bicyclic) bond motifs is 4. The van der Waals surface area contributed by atoms with Crippen LogP contribution < -0.4 is 4.90 Å². The van der Waals surface area contributed by atoms with Gasteiger partial charge >= 0.3 is 0 Å². The zero-order valence-corrected chi connectivity index (χ0v) is 29.5. The van der Waals surface area contributed by atoms with Crippen LogP contribution in [0.3, 0.4) is 0 Å². The van der Waals surface area contributed by atoms with E-state index in [1.54, 1.807) is 0 Å². The molecule has 3 aliphatic heterocycles. The van der Waals surface area contributed by atoms with Crippen LogP contribution in [0.1, 0.15) is 101 Å². The highest BCUT2D eigenvalue weighted by Crippen LogP contribution is 2.57. The van der Waals surface area contributed by atoms with Gasteiger partial charge in [-0.2, -0.15) is 5.10 Å². The molecule has 5 fully saturated rings. The highest BCUT2D eigenvalue weighted by Gasteiger charge is 2.61. The van der Waals surface area contributed by atoms with Crippen molar-refractivity contribution in [3.63, 3.8) is 0 Å². The van der Waals surface area contributed by atoms with Crippen LogP contribution in [0, 0.1) is 3.70 Å². The van der Waals surface area contributed by atoms with Gasteiger partial charge in [-0.15, -0.1) is 0 Å². The summed E-state index contributed by atoms with van der Waals surface area (Å²) in [7, 11) is 0. The molecule has 6 aliphatic rings. The highest BCUT2D eigenvalue weighted by molar-refractivity contribution is 14.1. The lowest BCUT2D eigenvalue weighted by Crippen LogP contribution is -2.56. The number of aromatic nitrogens is 5. The third-order valence-corrected chi connectivity index (χ3v) is 13.1. The summed E-state index contributed by atoms with van der Waals surface area (Å²) in [6.07, 6.45) is 12.7. The van der Waals surface area contributed by atoms with Crippen molar-refractivity contribution in [2.75, 3.05) is 44.4 Å². The number of likely N-dealkylation sites (tertiary alicyclic amines) is 1. The van der Waals surface area contributed by atoms with Crippen molar-refractivity contribution in [3.05, 3.63) is 15.0 Å². The molecule has 13 heteroatoms. The number of piperidine rings is 1. The number of ether oxygens (including phenoxy) is 2. The Morgan fingerprint density at radius 2 is 1.72 bits per heavy atom. The van der Waals surface area contributed by atoms with Crippen LogP contribution in [-0.2, 0) is 21.3 Å². The molecule has 0 radical (unpaired) electrons. The molecule has 6 heterocycles. The van der Waals surface area contributed by atoms with Gasteiger partial charge in [0, 0.05) is 24.6 Å². The van der Waals surface area contributed by atoms with Crippen LogP contribution in [0.5, 0.6) is 0 Å². The van der Waals surface area contributed by atoms with Crippen molar-refractivity contribution in [2.24, 2.45) is 0 Å². The van der Waals surface area contributed by atoms with Crippen molar-refractivity contribution in [3.8, 4) is 11.5 Å². The molecule has 5 atom stereocenters. The zero-order chi connectivity index (χ0) is 32.0. The number of β-amino-alcohol motifs (C(OH)–C–C–N with tert-alkyl or cyclic N) is 1.